The zero-order valence-electron chi connectivity index (χ0n) is 14.9. The molecular formula is C21H25N3O2. The number of hydrogen-bond acceptors (Lipinski definition) is 5. The molecule has 0 aliphatic carbocycles. The molecule has 0 amide bonds. The average molecular weight is 351 g/mol. The standard InChI is InChI=1S/C21H25N3O2/c1-5-20(26-14-17-7-9-25-10-8-17)6-2-16(1)12-23-19-4-3-18-13-22-15-24-21(18)11-19/h1-6,11,15,17,23H,7-10,12-14H2,(H,22,24). The van der Waals surface area contributed by atoms with Gasteiger partial charge in [-0.2, -0.15) is 0 Å². The van der Waals surface area contributed by atoms with Crippen LogP contribution in [0.15, 0.2) is 47.5 Å². The predicted molar refractivity (Wildman–Crippen MR) is 105 cm³/mol. The first-order valence-electron chi connectivity index (χ1n) is 9.28. The molecule has 2 heterocycles. The van der Waals surface area contributed by atoms with Crippen molar-refractivity contribution in [2.45, 2.75) is 25.9 Å². The van der Waals surface area contributed by atoms with Crippen molar-refractivity contribution >= 4 is 17.7 Å². The SMILES string of the molecule is C1=NCc2ccc(NCc3ccc(OCC4CCOCC4)cc3)cc2N1. The van der Waals surface area contributed by atoms with Crippen molar-refractivity contribution in [3.05, 3.63) is 53.6 Å². The molecule has 2 aromatic rings. The summed E-state index contributed by atoms with van der Waals surface area (Å²) in [6.45, 7) is 4.05. The topological polar surface area (TPSA) is 54.9 Å². The van der Waals surface area contributed by atoms with Gasteiger partial charge in [0.2, 0.25) is 0 Å². The van der Waals surface area contributed by atoms with Crippen LogP contribution in [0.4, 0.5) is 11.4 Å². The molecule has 5 heteroatoms. The van der Waals surface area contributed by atoms with E-state index in [4.69, 9.17) is 9.47 Å². The van der Waals surface area contributed by atoms with Crippen molar-refractivity contribution in [1.82, 2.24) is 0 Å². The van der Waals surface area contributed by atoms with Crippen LogP contribution in [0.1, 0.15) is 24.0 Å². The highest BCUT2D eigenvalue weighted by Gasteiger charge is 2.14. The van der Waals surface area contributed by atoms with E-state index in [0.29, 0.717) is 5.92 Å². The maximum Gasteiger partial charge on any atom is 0.119 e. The number of fused-ring (bicyclic) bond motifs is 1. The minimum atomic E-state index is 0.618. The Hall–Kier alpha value is -2.53. The molecule has 0 unspecified atom stereocenters. The third kappa shape index (κ3) is 4.35. The maximum absolute atomic E-state index is 5.93. The van der Waals surface area contributed by atoms with Gasteiger partial charge in [-0.1, -0.05) is 18.2 Å². The van der Waals surface area contributed by atoms with Gasteiger partial charge in [-0.3, -0.25) is 4.99 Å². The van der Waals surface area contributed by atoms with E-state index in [2.05, 4.69) is 58.1 Å². The Balaban J connectivity index is 1.27. The molecule has 0 bridgehead atoms. The summed E-state index contributed by atoms with van der Waals surface area (Å²) in [7, 11) is 0. The molecule has 1 fully saturated rings. The Kier molecular flexibility index (Phi) is 5.36. The second kappa shape index (κ2) is 8.23. The summed E-state index contributed by atoms with van der Waals surface area (Å²) in [5.74, 6) is 1.56. The number of rotatable bonds is 6. The average Bonchev–Trinajstić information content (AvgIpc) is 2.72. The molecule has 26 heavy (non-hydrogen) atoms. The smallest absolute Gasteiger partial charge is 0.119 e. The van der Waals surface area contributed by atoms with E-state index < -0.39 is 0 Å². The molecule has 1 saturated heterocycles. The van der Waals surface area contributed by atoms with Gasteiger partial charge in [-0.25, -0.2) is 0 Å². The van der Waals surface area contributed by atoms with E-state index in [1.54, 1.807) is 6.34 Å². The quantitative estimate of drug-likeness (QED) is 0.824. The third-order valence-electron chi connectivity index (χ3n) is 4.93. The van der Waals surface area contributed by atoms with E-state index in [-0.39, 0.29) is 0 Å². The second-order valence-corrected chi connectivity index (χ2v) is 6.85. The molecule has 0 spiro atoms. The number of nitrogens with zero attached hydrogens (tertiary/aromatic N) is 1. The molecule has 2 N–H and O–H groups in total. The lowest BCUT2D eigenvalue weighted by molar-refractivity contribution is 0.0497. The Morgan fingerprint density at radius 2 is 1.96 bits per heavy atom. The summed E-state index contributed by atoms with van der Waals surface area (Å²) in [6, 6.07) is 14.7. The minimum absolute atomic E-state index is 0.618. The number of anilines is 2. The molecule has 2 aromatic carbocycles. The summed E-state index contributed by atoms with van der Waals surface area (Å²) in [6.07, 6.45) is 3.96. The zero-order valence-corrected chi connectivity index (χ0v) is 14.9. The fourth-order valence-electron chi connectivity index (χ4n) is 3.25. The van der Waals surface area contributed by atoms with Gasteiger partial charge in [-0.05, 0) is 54.2 Å². The maximum atomic E-state index is 5.93. The van der Waals surface area contributed by atoms with Crippen LogP contribution in [0.25, 0.3) is 0 Å². The number of ether oxygens (including phenoxy) is 2. The predicted octanol–water partition coefficient (Wildman–Crippen LogP) is 4.06. The summed E-state index contributed by atoms with van der Waals surface area (Å²) < 4.78 is 11.3. The summed E-state index contributed by atoms with van der Waals surface area (Å²) in [4.78, 5) is 4.22. The number of aliphatic imine (C=N–C) groups is 1. The molecule has 5 nitrogen and oxygen atoms in total. The van der Waals surface area contributed by atoms with Crippen molar-refractivity contribution in [2.75, 3.05) is 30.5 Å². The van der Waals surface area contributed by atoms with Gasteiger partial charge in [0.15, 0.2) is 0 Å². The lowest BCUT2D eigenvalue weighted by atomic mass is 10.0. The highest BCUT2D eigenvalue weighted by atomic mass is 16.5. The molecule has 2 aliphatic heterocycles. The van der Waals surface area contributed by atoms with Crippen LogP contribution < -0.4 is 15.4 Å². The van der Waals surface area contributed by atoms with E-state index >= 15 is 0 Å². The van der Waals surface area contributed by atoms with Crippen molar-refractivity contribution < 1.29 is 9.47 Å². The zero-order chi connectivity index (χ0) is 17.6. The molecule has 0 radical (unpaired) electrons. The number of nitrogens with one attached hydrogen (secondary N) is 2. The Bertz CT molecular complexity index is 752. The van der Waals surface area contributed by atoms with Gasteiger partial charge in [0.05, 0.1) is 19.5 Å². The summed E-state index contributed by atoms with van der Waals surface area (Å²) in [5.41, 5.74) is 4.69. The van der Waals surface area contributed by atoms with Crippen LogP contribution in [0.3, 0.4) is 0 Å². The van der Waals surface area contributed by atoms with Crippen LogP contribution in [-0.4, -0.2) is 26.2 Å². The lowest BCUT2D eigenvalue weighted by Crippen LogP contribution is -2.21. The number of hydrogen-bond donors (Lipinski definition) is 2. The highest BCUT2D eigenvalue weighted by Crippen LogP contribution is 2.24. The van der Waals surface area contributed by atoms with E-state index in [1.165, 1.54) is 11.1 Å². The van der Waals surface area contributed by atoms with Crippen molar-refractivity contribution in [2.24, 2.45) is 10.9 Å². The largest absolute Gasteiger partial charge is 0.493 e. The van der Waals surface area contributed by atoms with Gasteiger partial charge >= 0.3 is 0 Å². The summed E-state index contributed by atoms with van der Waals surface area (Å²) in [5, 5.41) is 6.67. The van der Waals surface area contributed by atoms with Gasteiger partial charge in [0.1, 0.15) is 5.75 Å². The molecule has 0 aromatic heterocycles. The Labute approximate surface area is 154 Å². The Morgan fingerprint density at radius 1 is 1.12 bits per heavy atom. The first-order valence-corrected chi connectivity index (χ1v) is 9.28. The van der Waals surface area contributed by atoms with Crippen LogP contribution in [0.5, 0.6) is 5.75 Å². The molecule has 0 saturated carbocycles. The highest BCUT2D eigenvalue weighted by molar-refractivity contribution is 5.81. The van der Waals surface area contributed by atoms with Crippen LogP contribution in [-0.2, 0) is 17.8 Å². The fraction of sp³-hybridized carbons (Fsp3) is 0.381. The van der Waals surface area contributed by atoms with Crippen LogP contribution in [0.2, 0.25) is 0 Å². The minimum Gasteiger partial charge on any atom is -0.493 e. The van der Waals surface area contributed by atoms with Gasteiger partial charge in [-0.15, -0.1) is 0 Å². The van der Waals surface area contributed by atoms with Crippen molar-refractivity contribution in [3.8, 4) is 5.75 Å². The van der Waals surface area contributed by atoms with E-state index in [0.717, 1.165) is 62.9 Å². The number of benzene rings is 2. The van der Waals surface area contributed by atoms with Crippen molar-refractivity contribution in [1.29, 1.82) is 0 Å². The monoisotopic (exact) mass is 351 g/mol. The van der Waals surface area contributed by atoms with Crippen molar-refractivity contribution in [3.63, 3.8) is 0 Å². The van der Waals surface area contributed by atoms with Gasteiger partial charge < -0.3 is 20.1 Å². The molecule has 136 valence electrons. The summed E-state index contributed by atoms with van der Waals surface area (Å²) >= 11 is 0. The third-order valence-corrected chi connectivity index (χ3v) is 4.93. The Morgan fingerprint density at radius 3 is 2.81 bits per heavy atom. The van der Waals surface area contributed by atoms with E-state index in [1.807, 2.05) is 0 Å². The fourth-order valence-corrected chi connectivity index (χ4v) is 3.25. The first-order chi connectivity index (χ1) is 12.9. The first kappa shape index (κ1) is 16.9. The lowest BCUT2D eigenvalue weighted by Gasteiger charge is -2.22. The normalized spacial score (nSPS) is 16.6. The van der Waals surface area contributed by atoms with Crippen LogP contribution in [0, 0.1) is 5.92 Å². The second-order valence-electron chi connectivity index (χ2n) is 6.85. The molecular weight excluding hydrogens is 326 g/mol. The van der Waals surface area contributed by atoms with Gasteiger partial charge in [0.25, 0.3) is 0 Å². The van der Waals surface area contributed by atoms with Gasteiger partial charge in [0, 0.05) is 31.1 Å². The molecule has 4 rings (SSSR count). The van der Waals surface area contributed by atoms with Crippen LogP contribution >= 0.6 is 0 Å². The molecule has 2 aliphatic rings. The molecule has 0 atom stereocenters. The van der Waals surface area contributed by atoms with E-state index in [9.17, 15) is 0 Å².